The lowest BCUT2D eigenvalue weighted by molar-refractivity contribution is -0.143. The normalized spacial score (nSPS) is 14.6. The van der Waals surface area contributed by atoms with Gasteiger partial charge in [-0.2, -0.15) is 0 Å². The summed E-state index contributed by atoms with van der Waals surface area (Å²) in [5.41, 5.74) is 8.30. The van der Waals surface area contributed by atoms with Gasteiger partial charge in [0, 0.05) is 23.2 Å². The summed E-state index contributed by atoms with van der Waals surface area (Å²) in [4.78, 5) is 24.0. The number of rotatable bonds is 6. The monoisotopic (exact) mass is 462 g/mol. The quantitative estimate of drug-likeness (QED) is 0.339. The van der Waals surface area contributed by atoms with Crippen molar-refractivity contribution in [3.8, 4) is 0 Å². The molecule has 0 spiro atoms. The summed E-state index contributed by atoms with van der Waals surface area (Å²) in [7, 11) is 0. The number of carbonyl (C=O) groups excluding carboxylic acids is 1. The van der Waals surface area contributed by atoms with Crippen molar-refractivity contribution in [2.45, 2.75) is 49.6 Å². The van der Waals surface area contributed by atoms with E-state index >= 15 is 0 Å². The number of nitrogens with two attached hydrogens (primary N) is 1. The van der Waals surface area contributed by atoms with E-state index in [2.05, 4.69) is 18.7 Å². The number of benzene rings is 2. The average molecular weight is 463 g/mol. The van der Waals surface area contributed by atoms with E-state index in [1.54, 1.807) is 0 Å². The summed E-state index contributed by atoms with van der Waals surface area (Å²) < 4.78 is 1.96. The summed E-state index contributed by atoms with van der Waals surface area (Å²) in [6, 6.07) is 19.4. The fourth-order valence-electron chi connectivity index (χ4n) is 3.74. The molecule has 0 amide bonds. The minimum atomic E-state index is -0.889. The molecule has 172 valence electrons. The first kappa shape index (κ1) is 24.6. The lowest BCUT2D eigenvalue weighted by Gasteiger charge is -2.15. The molecule has 3 N–H and O–H groups in total. The summed E-state index contributed by atoms with van der Waals surface area (Å²) in [6.45, 7) is 2.67. The van der Waals surface area contributed by atoms with Crippen LogP contribution >= 0.6 is 12.6 Å². The Morgan fingerprint density at radius 1 is 1.06 bits per heavy atom. The van der Waals surface area contributed by atoms with Crippen LogP contribution in [0.4, 0.5) is 0 Å². The van der Waals surface area contributed by atoms with E-state index < -0.39 is 11.5 Å². The Bertz CT molecular complexity index is 1110. The van der Waals surface area contributed by atoms with Crippen LogP contribution in [0.3, 0.4) is 0 Å². The highest BCUT2D eigenvalue weighted by Crippen LogP contribution is 2.26. The van der Waals surface area contributed by atoms with Gasteiger partial charge in [0.05, 0.1) is 5.69 Å². The van der Waals surface area contributed by atoms with Crippen molar-refractivity contribution in [1.29, 1.82) is 0 Å². The molecule has 1 fully saturated rings. The Kier molecular flexibility index (Phi) is 8.31. The van der Waals surface area contributed by atoms with Gasteiger partial charge in [-0.15, -0.1) is 12.6 Å². The van der Waals surface area contributed by atoms with Crippen molar-refractivity contribution in [1.82, 2.24) is 4.57 Å². The fourth-order valence-corrected chi connectivity index (χ4v) is 3.89. The van der Waals surface area contributed by atoms with Crippen molar-refractivity contribution in [2.24, 2.45) is 5.73 Å². The van der Waals surface area contributed by atoms with Crippen molar-refractivity contribution in [2.75, 3.05) is 0 Å². The summed E-state index contributed by atoms with van der Waals surface area (Å²) in [5, 5.41) is 8.55. The van der Waals surface area contributed by atoms with Crippen LogP contribution in [0.15, 0.2) is 77.8 Å². The first-order chi connectivity index (χ1) is 15.8. The molecule has 1 heterocycles. The van der Waals surface area contributed by atoms with Crippen LogP contribution in [0.5, 0.6) is 0 Å². The lowest BCUT2D eigenvalue weighted by atomic mass is 10.0. The van der Waals surface area contributed by atoms with Gasteiger partial charge in [-0.1, -0.05) is 67.0 Å². The predicted octanol–water partition coefficient (Wildman–Crippen LogP) is 5.37. The van der Waals surface area contributed by atoms with Crippen LogP contribution in [-0.2, 0) is 11.3 Å². The van der Waals surface area contributed by atoms with Gasteiger partial charge in [-0.25, -0.2) is 0 Å². The van der Waals surface area contributed by atoms with Crippen molar-refractivity contribution in [3.63, 3.8) is 0 Å². The molecule has 6 heteroatoms. The van der Waals surface area contributed by atoms with Crippen LogP contribution in [0.25, 0.3) is 6.08 Å². The number of nitrogens with zero attached hydrogens (tertiary/aromatic N) is 1. The van der Waals surface area contributed by atoms with E-state index in [1.807, 2.05) is 84.4 Å². The zero-order valence-corrected chi connectivity index (χ0v) is 19.7. The van der Waals surface area contributed by atoms with E-state index in [9.17, 15) is 9.59 Å². The van der Waals surface area contributed by atoms with Gasteiger partial charge in [0.2, 0.25) is 5.78 Å². The number of allylic oxidation sites excluding steroid dienone is 1. The number of aryl methyl sites for hydroxylation is 1. The highest BCUT2D eigenvalue weighted by Gasteiger charge is 2.36. The summed E-state index contributed by atoms with van der Waals surface area (Å²) in [5.74, 6) is -0.798. The summed E-state index contributed by atoms with van der Waals surface area (Å²) in [6.07, 6.45) is 9.24. The number of hydrogen-bond acceptors (Lipinski definition) is 4. The maximum Gasteiger partial charge on any atom is 0.323 e. The van der Waals surface area contributed by atoms with Gasteiger partial charge in [0.25, 0.3) is 0 Å². The zero-order valence-electron chi connectivity index (χ0n) is 18.8. The second kappa shape index (κ2) is 11.2. The van der Waals surface area contributed by atoms with Crippen LogP contribution in [-0.4, -0.2) is 27.0 Å². The summed E-state index contributed by atoms with van der Waals surface area (Å²) >= 11 is 4.28. The second-order valence-electron chi connectivity index (χ2n) is 8.40. The van der Waals surface area contributed by atoms with Crippen molar-refractivity contribution < 1.29 is 14.7 Å². The minimum absolute atomic E-state index is 0.0489. The first-order valence-corrected chi connectivity index (χ1v) is 11.5. The van der Waals surface area contributed by atoms with Crippen LogP contribution in [0.1, 0.15) is 52.9 Å². The third-order valence-electron chi connectivity index (χ3n) is 5.80. The van der Waals surface area contributed by atoms with Gasteiger partial charge in [0.1, 0.15) is 5.54 Å². The van der Waals surface area contributed by atoms with Crippen LogP contribution in [0.2, 0.25) is 0 Å². The Morgan fingerprint density at radius 3 is 2.27 bits per heavy atom. The highest BCUT2D eigenvalue weighted by molar-refractivity contribution is 7.80. The van der Waals surface area contributed by atoms with Crippen LogP contribution < -0.4 is 5.73 Å². The number of carboxylic acids is 1. The molecular weight excluding hydrogens is 432 g/mol. The molecule has 0 aliphatic heterocycles. The third kappa shape index (κ3) is 6.70. The van der Waals surface area contributed by atoms with E-state index in [0.717, 1.165) is 28.9 Å². The van der Waals surface area contributed by atoms with Gasteiger partial charge >= 0.3 is 5.97 Å². The molecule has 3 aromatic rings. The van der Waals surface area contributed by atoms with Gasteiger partial charge < -0.3 is 15.4 Å². The Labute approximate surface area is 200 Å². The molecule has 0 saturated heterocycles. The molecule has 1 aliphatic carbocycles. The molecule has 0 unspecified atom stereocenters. The lowest BCUT2D eigenvalue weighted by Crippen LogP contribution is -2.44. The molecule has 1 aromatic heterocycles. The fraction of sp³-hybridized carbons (Fsp3) is 0.259. The minimum Gasteiger partial charge on any atom is -0.480 e. The third-order valence-corrected chi connectivity index (χ3v) is 6.10. The maximum absolute atomic E-state index is 12.7. The van der Waals surface area contributed by atoms with E-state index in [1.165, 1.54) is 0 Å². The van der Waals surface area contributed by atoms with E-state index in [4.69, 9.17) is 10.8 Å². The SMILES string of the molecule is Cc1ccc(C(=O)c2cccn2C/C=C/c2ccc(S)cc2)cc1.NC1(C(=O)O)CCCC1. The standard InChI is InChI=1S/C21H19NOS.C6H11NO2/c1-16-6-10-18(11-7-16)21(23)20-5-3-15-22(20)14-2-4-17-8-12-19(24)13-9-17;7-6(5(8)9)3-1-2-4-6/h2-13,15,24H,14H2,1H3;1-4,7H2,(H,8,9)/b4-2+;. The highest BCUT2D eigenvalue weighted by atomic mass is 32.1. The molecular formula is C27H30N2O3S. The van der Waals surface area contributed by atoms with Crippen molar-refractivity contribution in [3.05, 3.63) is 95.3 Å². The largest absolute Gasteiger partial charge is 0.480 e. The molecule has 33 heavy (non-hydrogen) atoms. The average Bonchev–Trinajstić information content (AvgIpc) is 3.46. The molecule has 0 radical (unpaired) electrons. The number of carbonyl (C=O) groups is 2. The molecule has 0 atom stereocenters. The number of aromatic nitrogens is 1. The molecule has 0 bridgehead atoms. The molecule has 1 aliphatic rings. The Morgan fingerprint density at radius 2 is 1.70 bits per heavy atom. The predicted molar refractivity (Wildman–Crippen MR) is 135 cm³/mol. The topological polar surface area (TPSA) is 85.3 Å². The van der Waals surface area contributed by atoms with Crippen molar-refractivity contribution >= 4 is 30.5 Å². The molecule has 5 nitrogen and oxygen atoms in total. The maximum atomic E-state index is 12.7. The molecule has 1 saturated carbocycles. The number of thiol groups is 1. The first-order valence-electron chi connectivity index (χ1n) is 11.0. The smallest absolute Gasteiger partial charge is 0.323 e. The molecule has 2 aromatic carbocycles. The van der Waals surface area contributed by atoms with Gasteiger partial charge in [0.15, 0.2) is 0 Å². The van der Waals surface area contributed by atoms with E-state index in [0.29, 0.717) is 30.6 Å². The van der Waals surface area contributed by atoms with Gasteiger partial charge in [-0.05, 0) is 49.6 Å². The zero-order chi connectivity index (χ0) is 23.8. The number of aliphatic carboxylic acids is 1. The Balaban J connectivity index is 0.000000286. The van der Waals surface area contributed by atoms with Crippen LogP contribution in [0, 0.1) is 6.92 Å². The molecule has 4 rings (SSSR count). The number of carboxylic acid groups (broad SMARTS) is 1. The Hall–Kier alpha value is -3.09. The second-order valence-corrected chi connectivity index (χ2v) is 8.92. The van der Waals surface area contributed by atoms with E-state index in [-0.39, 0.29) is 5.78 Å². The van der Waals surface area contributed by atoms with Gasteiger partial charge in [-0.3, -0.25) is 9.59 Å². The number of hydrogen-bond donors (Lipinski definition) is 3. The number of ketones is 1.